The van der Waals surface area contributed by atoms with Gasteiger partial charge < -0.3 is 4.74 Å². The number of rotatable bonds is 5. The van der Waals surface area contributed by atoms with Crippen molar-refractivity contribution in [3.63, 3.8) is 0 Å². The highest BCUT2D eigenvalue weighted by Gasteiger charge is 2.31. The first-order valence-electron chi connectivity index (χ1n) is 9.24. The minimum atomic E-state index is -3.67. The van der Waals surface area contributed by atoms with Crippen molar-refractivity contribution >= 4 is 16.0 Å². The SMILES string of the molecule is COC(=O)Cc1cccc(C2CCCN(S(=O)(=O)c3ccc(F)cc3)C2)c1C. The number of carbonyl (C=O) groups excluding carboxylic acids is 1. The Labute approximate surface area is 165 Å². The Morgan fingerprint density at radius 2 is 1.93 bits per heavy atom. The lowest BCUT2D eigenvalue weighted by atomic mass is 9.86. The second-order valence-electron chi connectivity index (χ2n) is 7.04. The Balaban J connectivity index is 1.85. The molecule has 0 spiro atoms. The molecule has 1 aliphatic rings. The van der Waals surface area contributed by atoms with Gasteiger partial charge in [-0.2, -0.15) is 4.31 Å². The van der Waals surface area contributed by atoms with Crippen LogP contribution in [0.25, 0.3) is 0 Å². The van der Waals surface area contributed by atoms with E-state index in [1.165, 1.54) is 23.5 Å². The third-order valence-corrected chi connectivity index (χ3v) is 7.21. The van der Waals surface area contributed by atoms with Crippen LogP contribution in [0.15, 0.2) is 47.4 Å². The molecule has 2 aromatic carbocycles. The number of carbonyl (C=O) groups is 1. The summed E-state index contributed by atoms with van der Waals surface area (Å²) in [4.78, 5) is 11.8. The lowest BCUT2D eigenvalue weighted by Gasteiger charge is -2.33. The highest BCUT2D eigenvalue weighted by atomic mass is 32.2. The van der Waals surface area contributed by atoms with Crippen LogP contribution in [0.1, 0.15) is 35.4 Å². The van der Waals surface area contributed by atoms with Crippen molar-refractivity contribution < 1.29 is 22.3 Å². The summed E-state index contributed by atoms with van der Waals surface area (Å²) in [5, 5.41) is 0. The Kier molecular flexibility index (Phi) is 6.15. The van der Waals surface area contributed by atoms with Crippen LogP contribution in [-0.2, 0) is 26.0 Å². The molecule has 0 aromatic heterocycles. The van der Waals surface area contributed by atoms with Gasteiger partial charge in [0, 0.05) is 13.1 Å². The van der Waals surface area contributed by atoms with Gasteiger partial charge in [-0.25, -0.2) is 12.8 Å². The average Bonchev–Trinajstić information content (AvgIpc) is 2.70. The van der Waals surface area contributed by atoms with Gasteiger partial charge in [0.1, 0.15) is 5.82 Å². The zero-order chi connectivity index (χ0) is 20.3. The van der Waals surface area contributed by atoms with Crippen LogP contribution in [0.4, 0.5) is 4.39 Å². The van der Waals surface area contributed by atoms with Crippen LogP contribution < -0.4 is 0 Å². The van der Waals surface area contributed by atoms with Gasteiger partial charge in [0.2, 0.25) is 10.0 Å². The number of halogens is 1. The quantitative estimate of drug-likeness (QED) is 0.715. The van der Waals surface area contributed by atoms with Gasteiger partial charge in [-0.3, -0.25) is 4.79 Å². The maximum absolute atomic E-state index is 13.2. The first-order valence-corrected chi connectivity index (χ1v) is 10.7. The Hall–Kier alpha value is -2.25. The molecule has 1 saturated heterocycles. The number of ether oxygens (including phenoxy) is 1. The number of methoxy groups -OCH3 is 1. The first kappa shape index (κ1) is 20.5. The van der Waals surface area contributed by atoms with Gasteiger partial charge in [0.05, 0.1) is 18.4 Å². The van der Waals surface area contributed by atoms with E-state index in [-0.39, 0.29) is 23.2 Å². The van der Waals surface area contributed by atoms with E-state index in [9.17, 15) is 17.6 Å². The molecule has 3 rings (SSSR count). The number of hydrogen-bond acceptors (Lipinski definition) is 4. The fraction of sp³-hybridized carbons (Fsp3) is 0.381. The predicted octanol–water partition coefficient (Wildman–Crippen LogP) is 3.42. The van der Waals surface area contributed by atoms with Crippen LogP contribution in [0.3, 0.4) is 0 Å². The summed E-state index contributed by atoms with van der Waals surface area (Å²) in [5.41, 5.74) is 2.95. The van der Waals surface area contributed by atoms with Crippen LogP contribution in [-0.4, -0.2) is 38.9 Å². The molecule has 0 aliphatic carbocycles. The number of nitrogens with zero attached hydrogens (tertiary/aromatic N) is 1. The molecule has 0 radical (unpaired) electrons. The number of esters is 1. The van der Waals surface area contributed by atoms with E-state index in [1.807, 2.05) is 25.1 Å². The van der Waals surface area contributed by atoms with Gasteiger partial charge in [-0.15, -0.1) is 0 Å². The monoisotopic (exact) mass is 405 g/mol. The summed E-state index contributed by atoms with van der Waals surface area (Å²) in [5.74, 6) is -0.723. The zero-order valence-electron chi connectivity index (χ0n) is 16.0. The number of sulfonamides is 1. The largest absolute Gasteiger partial charge is 0.469 e. The second-order valence-corrected chi connectivity index (χ2v) is 8.98. The van der Waals surface area contributed by atoms with Crippen LogP contribution >= 0.6 is 0 Å². The molecule has 1 atom stereocenters. The molecule has 1 aliphatic heterocycles. The maximum atomic E-state index is 13.2. The fourth-order valence-corrected chi connectivity index (χ4v) is 5.26. The summed E-state index contributed by atoms with van der Waals surface area (Å²) < 4.78 is 45.3. The molecule has 2 aromatic rings. The topological polar surface area (TPSA) is 63.7 Å². The van der Waals surface area contributed by atoms with Crippen LogP contribution in [0, 0.1) is 12.7 Å². The minimum Gasteiger partial charge on any atom is -0.469 e. The standard InChI is InChI=1S/C21H24FNO4S/c1-15-16(13-21(24)27-2)5-3-7-20(15)17-6-4-12-23(14-17)28(25,26)19-10-8-18(22)9-11-19/h3,5,7-11,17H,4,6,12-14H2,1-2H3. The van der Waals surface area contributed by atoms with E-state index in [1.54, 1.807) is 0 Å². The van der Waals surface area contributed by atoms with Gasteiger partial charge in [-0.05, 0) is 66.6 Å². The number of hydrogen-bond donors (Lipinski definition) is 0. The zero-order valence-corrected chi connectivity index (χ0v) is 16.8. The summed E-state index contributed by atoms with van der Waals surface area (Å²) >= 11 is 0. The maximum Gasteiger partial charge on any atom is 0.309 e. The van der Waals surface area contributed by atoms with Gasteiger partial charge in [0.25, 0.3) is 0 Å². The van der Waals surface area contributed by atoms with E-state index in [4.69, 9.17) is 4.74 Å². The molecule has 0 saturated carbocycles. The first-order chi connectivity index (χ1) is 13.3. The lowest BCUT2D eigenvalue weighted by molar-refractivity contribution is -0.139. The normalized spacial score (nSPS) is 18.0. The molecule has 0 bridgehead atoms. The van der Waals surface area contributed by atoms with Crippen molar-refractivity contribution in [1.82, 2.24) is 4.31 Å². The summed E-state index contributed by atoms with van der Waals surface area (Å²) in [6, 6.07) is 10.7. The van der Waals surface area contributed by atoms with Gasteiger partial charge >= 0.3 is 5.97 Å². The molecule has 1 heterocycles. The summed E-state index contributed by atoms with van der Waals surface area (Å²) in [7, 11) is -2.31. The predicted molar refractivity (Wildman–Crippen MR) is 104 cm³/mol. The molecule has 28 heavy (non-hydrogen) atoms. The van der Waals surface area contributed by atoms with Crippen molar-refractivity contribution in [3.05, 3.63) is 65.0 Å². The van der Waals surface area contributed by atoms with Crippen molar-refractivity contribution in [3.8, 4) is 0 Å². The number of benzene rings is 2. The fourth-order valence-electron chi connectivity index (χ4n) is 3.73. The molecular formula is C21H24FNO4S. The molecular weight excluding hydrogens is 381 g/mol. The Morgan fingerprint density at radius 3 is 2.61 bits per heavy atom. The molecule has 1 fully saturated rings. The smallest absolute Gasteiger partial charge is 0.309 e. The molecule has 7 heteroatoms. The molecule has 150 valence electrons. The third-order valence-electron chi connectivity index (χ3n) is 5.33. The van der Waals surface area contributed by atoms with Crippen molar-refractivity contribution in [2.45, 2.75) is 37.0 Å². The van der Waals surface area contributed by atoms with Crippen molar-refractivity contribution in [2.24, 2.45) is 0 Å². The van der Waals surface area contributed by atoms with Crippen LogP contribution in [0.5, 0.6) is 0 Å². The Morgan fingerprint density at radius 1 is 1.21 bits per heavy atom. The van der Waals surface area contributed by atoms with Gasteiger partial charge in [-0.1, -0.05) is 18.2 Å². The number of piperidine rings is 1. The second kappa shape index (κ2) is 8.41. The van der Waals surface area contributed by atoms with Crippen LogP contribution in [0.2, 0.25) is 0 Å². The Bertz CT molecular complexity index is 957. The van der Waals surface area contributed by atoms with E-state index in [2.05, 4.69) is 0 Å². The highest BCUT2D eigenvalue weighted by Crippen LogP contribution is 2.33. The molecule has 0 N–H and O–H groups in total. The van der Waals surface area contributed by atoms with E-state index < -0.39 is 15.8 Å². The van der Waals surface area contributed by atoms with Crippen molar-refractivity contribution in [1.29, 1.82) is 0 Å². The summed E-state index contributed by atoms with van der Waals surface area (Å²) in [6.45, 7) is 2.76. The third kappa shape index (κ3) is 4.25. The van der Waals surface area contributed by atoms with Gasteiger partial charge in [0.15, 0.2) is 0 Å². The molecule has 1 unspecified atom stereocenters. The lowest BCUT2D eigenvalue weighted by Crippen LogP contribution is -2.39. The molecule has 0 amide bonds. The summed E-state index contributed by atoms with van der Waals surface area (Å²) in [6.07, 6.45) is 1.81. The molecule has 5 nitrogen and oxygen atoms in total. The van der Waals surface area contributed by atoms with E-state index in [0.717, 1.165) is 41.7 Å². The van der Waals surface area contributed by atoms with Crippen molar-refractivity contribution in [2.75, 3.05) is 20.2 Å². The highest BCUT2D eigenvalue weighted by molar-refractivity contribution is 7.89. The van der Waals surface area contributed by atoms with E-state index >= 15 is 0 Å². The minimum absolute atomic E-state index is 0.0431. The van der Waals surface area contributed by atoms with E-state index in [0.29, 0.717) is 13.1 Å². The average molecular weight is 405 g/mol.